The SMILES string of the molecule is CN1C=CN(c2cccc(Sc3ccc4c(c3)c3ccccc3n4Cc3ccccc3)c2)C1. The predicted octanol–water partition coefficient (Wildman–Crippen LogP) is 7.17. The van der Waals surface area contributed by atoms with Crippen molar-refractivity contribution in [2.24, 2.45) is 0 Å². The van der Waals surface area contributed by atoms with Gasteiger partial charge in [-0.15, -0.1) is 0 Å². The highest BCUT2D eigenvalue weighted by atomic mass is 32.2. The van der Waals surface area contributed by atoms with Crippen molar-refractivity contribution in [3.63, 3.8) is 0 Å². The Balaban J connectivity index is 1.36. The van der Waals surface area contributed by atoms with Crippen LogP contribution in [-0.2, 0) is 6.54 Å². The molecule has 1 aromatic heterocycles. The van der Waals surface area contributed by atoms with Crippen LogP contribution in [0.15, 0.2) is 119 Å². The predicted molar refractivity (Wildman–Crippen MR) is 140 cm³/mol. The molecular weight excluding hydrogens is 422 g/mol. The molecule has 3 nitrogen and oxygen atoms in total. The first-order valence-electron chi connectivity index (χ1n) is 11.2. The third-order valence-electron chi connectivity index (χ3n) is 6.19. The molecular formula is C29H25N3S. The van der Waals surface area contributed by atoms with Crippen LogP contribution in [0.4, 0.5) is 5.69 Å². The molecule has 4 aromatic carbocycles. The Hall–Kier alpha value is -3.63. The van der Waals surface area contributed by atoms with E-state index in [1.54, 1.807) is 0 Å². The highest BCUT2D eigenvalue weighted by molar-refractivity contribution is 7.99. The largest absolute Gasteiger partial charge is 0.361 e. The Bertz CT molecular complexity index is 1470. The van der Waals surface area contributed by atoms with Crippen molar-refractivity contribution in [3.8, 4) is 0 Å². The first kappa shape index (κ1) is 20.0. The fourth-order valence-electron chi connectivity index (χ4n) is 4.59. The number of rotatable bonds is 5. The topological polar surface area (TPSA) is 11.4 Å². The fraction of sp³-hybridized carbons (Fsp3) is 0.103. The number of hydrogen-bond acceptors (Lipinski definition) is 3. The molecule has 0 amide bonds. The number of aromatic nitrogens is 1. The molecule has 0 fully saturated rings. The van der Waals surface area contributed by atoms with Crippen molar-refractivity contribution in [2.45, 2.75) is 16.3 Å². The summed E-state index contributed by atoms with van der Waals surface area (Å²) in [5.74, 6) is 0. The van der Waals surface area contributed by atoms with E-state index in [0.717, 1.165) is 13.2 Å². The molecule has 0 saturated heterocycles. The molecule has 1 aliphatic rings. The molecule has 2 heterocycles. The van der Waals surface area contributed by atoms with Gasteiger partial charge in [0.05, 0.1) is 6.67 Å². The number of para-hydroxylation sites is 1. The van der Waals surface area contributed by atoms with Crippen molar-refractivity contribution in [1.29, 1.82) is 0 Å². The van der Waals surface area contributed by atoms with Crippen LogP contribution in [0.2, 0.25) is 0 Å². The van der Waals surface area contributed by atoms with Crippen LogP contribution < -0.4 is 4.90 Å². The molecule has 5 aromatic rings. The van der Waals surface area contributed by atoms with Gasteiger partial charge in [-0.3, -0.25) is 0 Å². The van der Waals surface area contributed by atoms with E-state index < -0.39 is 0 Å². The van der Waals surface area contributed by atoms with E-state index in [0.29, 0.717) is 0 Å². The lowest BCUT2D eigenvalue weighted by atomic mass is 10.1. The average Bonchev–Trinajstić information content (AvgIpc) is 3.42. The van der Waals surface area contributed by atoms with Gasteiger partial charge in [0.2, 0.25) is 0 Å². The Morgan fingerprint density at radius 3 is 2.33 bits per heavy atom. The molecule has 162 valence electrons. The molecule has 6 rings (SSSR count). The van der Waals surface area contributed by atoms with Gasteiger partial charge < -0.3 is 14.4 Å². The molecule has 0 atom stereocenters. The van der Waals surface area contributed by atoms with Crippen molar-refractivity contribution < 1.29 is 0 Å². The summed E-state index contributed by atoms with van der Waals surface area (Å²) in [5.41, 5.74) is 5.10. The lowest BCUT2D eigenvalue weighted by Crippen LogP contribution is -2.21. The number of benzene rings is 4. The van der Waals surface area contributed by atoms with Gasteiger partial charge >= 0.3 is 0 Å². The Morgan fingerprint density at radius 1 is 0.697 bits per heavy atom. The lowest BCUT2D eigenvalue weighted by molar-refractivity contribution is 0.495. The van der Waals surface area contributed by atoms with Crippen LogP contribution in [-0.4, -0.2) is 23.2 Å². The minimum Gasteiger partial charge on any atom is -0.361 e. The first-order chi connectivity index (χ1) is 16.2. The van der Waals surface area contributed by atoms with Crippen LogP contribution in [0.3, 0.4) is 0 Å². The maximum atomic E-state index is 2.44. The molecule has 0 spiro atoms. The summed E-state index contributed by atoms with van der Waals surface area (Å²) in [7, 11) is 2.10. The maximum Gasteiger partial charge on any atom is 0.0938 e. The summed E-state index contributed by atoms with van der Waals surface area (Å²) in [6, 6.07) is 35.1. The summed E-state index contributed by atoms with van der Waals surface area (Å²) in [6.07, 6.45) is 4.25. The molecule has 1 aliphatic heterocycles. The van der Waals surface area contributed by atoms with Crippen molar-refractivity contribution >= 4 is 39.3 Å². The molecule has 0 bridgehead atoms. The van der Waals surface area contributed by atoms with E-state index in [4.69, 9.17) is 0 Å². The third kappa shape index (κ3) is 3.87. The van der Waals surface area contributed by atoms with Gasteiger partial charge in [-0.25, -0.2) is 0 Å². The summed E-state index contributed by atoms with van der Waals surface area (Å²) < 4.78 is 2.44. The standard InChI is InChI=1S/C29H25N3S/c1-30-16-17-31(21-30)23-10-7-11-24(18-23)33-25-14-15-29-27(19-25)26-12-5-6-13-28(26)32(29)20-22-8-3-2-4-9-22/h2-19H,20-21H2,1H3. The highest BCUT2D eigenvalue weighted by Crippen LogP contribution is 2.36. The van der Waals surface area contributed by atoms with E-state index >= 15 is 0 Å². The van der Waals surface area contributed by atoms with Crippen LogP contribution >= 0.6 is 11.8 Å². The minimum atomic E-state index is 0.872. The second-order valence-electron chi connectivity index (χ2n) is 8.53. The second-order valence-corrected chi connectivity index (χ2v) is 9.68. The number of anilines is 1. The number of fused-ring (bicyclic) bond motifs is 3. The number of nitrogens with zero attached hydrogens (tertiary/aromatic N) is 3. The van der Waals surface area contributed by atoms with Crippen molar-refractivity contribution in [1.82, 2.24) is 9.47 Å². The van der Waals surface area contributed by atoms with Gasteiger partial charge in [0.15, 0.2) is 0 Å². The monoisotopic (exact) mass is 447 g/mol. The summed E-state index contributed by atoms with van der Waals surface area (Å²) in [4.78, 5) is 6.96. The molecule has 0 N–H and O–H groups in total. The van der Waals surface area contributed by atoms with E-state index in [1.807, 2.05) is 11.8 Å². The van der Waals surface area contributed by atoms with Crippen molar-refractivity contribution in [3.05, 3.63) is 115 Å². The van der Waals surface area contributed by atoms with Gasteiger partial charge in [0.1, 0.15) is 0 Å². The summed E-state index contributed by atoms with van der Waals surface area (Å²) in [5, 5.41) is 2.62. The molecule has 33 heavy (non-hydrogen) atoms. The zero-order valence-corrected chi connectivity index (χ0v) is 19.4. The van der Waals surface area contributed by atoms with E-state index in [2.05, 4.69) is 131 Å². The van der Waals surface area contributed by atoms with Crippen LogP contribution in [0, 0.1) is 0 Å². The zero-order valence-electron chi connectivity index (χ0n) is 18.6. The zero-order chi connectivity index (χ0) is 22.2. The quantitative estimate of drug-likeness (QED) is 0.283. The molecule has 4 heteroatoms. The lowest BCUT2D eigenvalue weighted by Gasteiger charge is -2.18. The summed E-state index contributed by atoms with van der Waals surface area (Å²) >= 11 is 1.82. The average molecular weight is 448 g/mol. The van der Waals surface area contributed by atoms with E-state index in [1.165, 1.54) is 42.8 Å². The van der Waals surface area contributed by atoms with Gasteiger partial charge in [-0.2, -0.15) is 0 Å². The first-order valence-corrected chi connectivity index (χ1v) is 12.0. The van der Waals surface area contributed by atoms with Gasteiger partial charge in [0, 0.05) is 63.3 Å². The smallest absolute Gasteiger partial charge is 0.0938 e. The van der Waals surface area contributed by atoms with E-state index in [-0.39, 0.29) is 0 Å². The molecule has 0 unspecified atom stereocenters. The van der Waals surface area contributed by atoms with Gasteiger partial charge in [-0.1, -0.05) is 66.4 Å². The molecule has 0 aliphatic carbocycles. The second kappa shape index (κ2) is 8.38. The fourth-order valence-corrected chi connectivity index (χ4v) is 5.50. The van der Waals surface area contributed by atoms with Crippen LogP contribution in [0.1, 0.15) is 5.56 Å². The Kier molecular flexibility index (Phi) is 5.08. The molecule has 0 saturated carbocycles. The van der Waals surface area contributed by atoms with E-state index in [9.17, 15) is 0 Å². The van der Waals surface area contributed by atoms with Crippen LogP contribution in [0.25, 0.3) is 21.8 Å². The normalized spacial score (nSPS) is 13.5. The maximum absolute atomic E-state index is 2.44. The Labute approximate surface area is 198 Å². The van der Waals surface area contributed by atoms with Gasteiger partial charge in [0.25, 0.3) is 0 Å². The summed E-state index contributed by atoms with van der Waals surface area (Å²) in [6.45, 7) is 1.76. The van der Waals surface area contributed by atoms with Crippen LogP contribution in [0.5, 0.6) is 0 Å². The third-order valence-corrected chi connectivity index (χ3v) is 7.17. The van der Waals surface area contributed by atoms with Gasteiger partial charge in [-0.05, 0) is 48.0 Å². The van der Waals surface area contributed by atoms with Crippen molar-refractivity contribution in [2.75, 3.05) is 18.6 Å². The minimum absolute atomic E-state index is 0.872. The number of hydrogen-bond donors (Lipinski definition) is 0. The highest BCUT2D eigenvalue weighted by Gasteiger charge is 2.13. The molecule has 0 radical (unpaired) electrons. The Morgan fingerprint density at radius 2 is 1.48 bits per heavy atom.